The van der Waals surface area contributed by atoms with Crippen LogP contribution in [-0.4, -0.2) is 11.1 Å². The van der Waals surface area contributed by atoms with Crippen molar-refractivity contribution in [3.63, 3.8) is 0 Å². The van der Waals surface area contributed by atoms with Crippen LogP contribution in [0.5, 0.6) is 0 Å². The second-order valence-corrected chi connectivity index (χ2v) is 1.14. The van der Waals surface area contributed by atoms with E-state index in [4.69, 9.17) is 5.11 Å². The zero-order valence-electron chi connectivity index (χ0n) is 4.99. The molecule has 9 heavy (non-hydrogen) atoms. The number of carboxylic acid groups (broad SMARTS) is 1. The lowest BCUT2D eigenvalue weighted by atomic mass is 10.4. The van der Waals surface area contributed by atoms with Crippen LogP contribution in [-0.2, 0) is 4.79 Å². The number of rotatable bonds is 2. The fraction of sp³-hybridized carbons (Fsp3) is 0.750. The number of hydrogen-bond donors (Lipinski definition) is 1. The Morgan fingerprint density at radius 3 is 1.67 bits per heavy atom. The second kappa shape index (κ2) is 15.8. The van der Waals surface area contributed by atoms with Gasteiger partial charge in [0.25, 0.3) is 0 Å². The molecular formula is C4H11Cl3O2. The van der Waals surface area contributed by atoms with E-state index < -0.39 is 5.97 Å². The van der Waals surface area contributed by atoms with Gasteiger partial charge < -0.3 is 5.11 Å². The Balaban J connectivity index is -0.0000000417. The van der Waals surface area contributed by atoms with Crippen molar-refractivity contribution in [1.82, 2.24) is 0 Å². The highest BCUT2D eigenvalue weighted by molar-refractivity contribution is 5.86. The molecule has 0 radical (unpaired) electrons. The molecule has 0 amide bonds. The monoisotopic (exact) mass is 196 g/mol. The summed E-state index contributed by atoms with van der Waals surface area (Å²) >= 11 is 0. The highest BCUT2D eigenvalue weighted by Crippen LogP contribution is 1.82. The van der Waals surface area contributed by atoms with Crippen LogP contribution >= 0.6 is 37.2 Å². The van der Waals surface area contributed by atoms with E-state index in [9.17, 15) is 4.79 Å². The minimum Gasteiger partial charge on any atom is -0.481 e. The van der Waals surface area contributed by atoms with Gasteiger partial charge in [-0.15, -0.1) is 37.2 Å². The van der Waals surface area contributed by atoms with Crippen molar-refractivity contribution in [2.24, 2.45) is 0 Å². The maximum Gasteiger partial charge on any atom is 0.303 e. The van der Waals surface area contributed by atoms with E-state index in [1.54, 1.807) is 0 Å². The Hall–Kier alpha value is 0.340. The maximum absolute atomic E-state index is 9.60. The van der Waals surface area contributed by atoms with E-state index in [1.165, 1.54) is 0 Å². The Kier molecular flexibility index (Phi) is 39.9. The number of carbonyl (C=O) groups is 1. The van der Waals surface area contributed by atoms with Gasteiger partial charge in [0.15, 0.2) is 0 Å². The van der Waals surface area contributed by atoms with Gasteiger partial charge in [-0.2, -0.15) is 0 Å². The molecule has 0 rings (SSSR count). The Bertz CT molecular complexity index is 57.8. The average molecular weight is 197 g/mol. The summed E-state index contributed by atoms with van der Waals surface area (Å²) in [6.45, 7) is 1.84. The van der Waals surface area contributed by atoms with E-state index in [-0.39, 0.29) is 37.2 Å². The first-order chi connectivity index (χ1) is 2.77. The van der Waals surface area contributed by atoms with Gasteiger partial charge in [0.05, 0.1) is 0 Å². The van der Waals surface area contributed by atoms with Crippen molar-refractivity contribution >= 4 is 43.2 Å². The van der Waals surface area contributed by atoms with Gasteiger partial charge in [-0.05, 0) is 6.42 Å². The largest absolute Gasteiger partial charge is 0.481 e. The molecule has 0 aliphatic heterocycles. The fourth-order valence-electron chi connectivity index (χ4n) is 0.214. The summed E-state index contributed by atoms with van der Waals surface area (Å²) in [5.41, 5.74) is 0. The summed E-state index contributed by atoms with van der Waals surface area (Å²) in [6, 6.07) is 0. The molecule has 0 saturated heterocycles. The third-order valence-electron chi connectivity index (χ3n) is 0.464. The Morgan fingerprint density at radius 2 is 1.67 bits per heavy atom. The van der Waals surface area contributed by atoms with Crippen molar-refractivity contribution in [2.75, 3.05) is 0 Å². The van der Waals surface area contributed by atoms with Gasteiger partial charge in [0, 0.05) is 6.42 Å². The summed E-state index contributed by atoms with van der Waals surface area (Å²) in [5, 5.41) is 7.91. The smallest absolute Gasteiger partial charge is 0.303 e. The molecule has 0 aliphatic rings. The van der Waals surface area contributed by atoms with Gasteiger partial charge in [-0.1, -0.05) is 6.92 Å². The van der Waals surface area contributed by atoms with Crippen molar-refractivity contribution < 1.29 is 9.90 Å². The minimum absolute atomic E-state index is 0. The van der Waals surface area contributed by atoms with E-state index in [2.05, 4.69) is 0 Å². The third-order valence-corrected chi connectivity index (χ3v) is 0.464. The summed E-state index contributed by atoms with van der Waals surface area (Å²) in [4.78, 5) is 9.60. The average Bonchev–Trinajstić information content (AvgIpc) is 1.35. The topological polar surface area (TPSA) is 37.3 Å². The molecule has 0 heterocycles. The molecule has 0 aromatic rings. The van der Waals surface area contributed by atoms with E-state index >= 15 is 0 Å². The Morgan fingerprint density at radius 1 is 1.33 bits per heavy atom. The minimum atomic E-state index is -0.711. The van der Waals surface area contributed by atoms with E-state index in [1.807, 2.05) is 6.92 Å². The molecule has 0 spiro atoms. The highest BCUT2D eigenvalue weighted by atomic mass is 35.5. The number of halogens is 3. The number of hydrogen-bond acceptors (Lipinski definition) is 1. The van der Waals surface area contributed by atoms with Gasteiger partial charge in [0.1, 0.15) is 0 Å². The van der Waals surface area contributed by atoms with Crippen LogP contribution in [0.25, 0.3) is 0 Å². The normalized spacial score (nSPS) is 5.44. The lowest BCUT2D eigenvalue weighted by molar-refractivity contribution is -0.137. The van der Waals surface area contributed by atoms with E-state index in [0.29, 0.717) is 6.42 Å². The molecule has 0 bridgehead atoms. The lowest BCUT2D eigenvalue weighted by Gasteiger charge is -1.79. The standard InChI is InChI=1S/C4H8O2.3ClH/c1-2-3-4(5)6;;;/h2-3H2,1H3,(H,5,6);3*1H. The van der Waals surface area contributed by atoms with Crippen LogP contribution in [0.1, 0.15) is 19.8 Å². The van der Waals surface area contributed by atoms with Crippen molar-refractivity contribution in [2.45, 2.75) is 19.8 Å². The maximum atomic E-state index is 9.60. The summed E-state index contributed by atoms with van der Waals surface area (Å²) < 4.78 is 0. The third kappa shape index (κ3) is 30.1. The molecule has 0 aliphatic carbocycles. The first-order valence-corrected chi connectivity index (χ1v) is 1.99. The number of carboxylic acids is 1. The van der Waals surface area contributed by atoms with Crippen molar-refractivity contribution in [3.05, 3.63) is 0 Å². The molecular weight excluding hydrogens is 186 g/mol. The lowest BCUT2D eigenvalue weighted by Crippen LogP contribution is -1.90. The van der Waals surface area contributed by atoms with Crippen LogP contribution in [0.15, 0.2) is 0 Å². The van der Waals surface area contributed by atoms with Gasteiger partial charge in [-0.25, -0.2) is 0 Å². The molecule has 0 saturated carbocycles. The molecule has 0 fully saturated rings. The van der Waals surface area contributed by atoms with Crippen molar-refractivity contribution in [1.29, 1.82) is 0 Å². The number of aliphatic carboxylic acids is 1. The predicted octanol–water partition coefficient (Wildman–Crippen LogP) is 2.14. The highest BCUT2D eigenvalue weighted by Gasteiger charge is 1.87. The van der Waals surface area contributed by atoms with Crippen LogP contribution in [0.4, 0.5) is 0 Å². The zero-order chi connectivity index (χ0) is 4.99. The van der Waals surface area contributed by atoms with Gasteiger partial charge in [-0.3, -0.25) is 4.79 Å². The van der Waals surface area contributed by atoms with Crippen LogP contribution in [0, 0.1) is 0 Å². The molecule has 0 aromatic heterocycles. The van der Waals surface area contributed by atoms with Gasteiger partial charge in [0.2, 0.25) is 0 Å². The fourth-order valence-corrected chi connectivity index (χ4v) is 0.214. The zero-order valence-corrected chi connectivity index (χ0v) is 7.44. The molecule has 2 nitrogen and oxygen atoms in total. The first kappa shape index (κ1) is 22.8. The molecule has 1 N–H and O–H groups in total. The molecule has 60 valence electrons. The Labute approximate surface area is 73.2 Å². The van der Waals surface area contributed by atoms with E-state index in [0.717, 1.165) is 6.42 Å². The molecule has 0 aromatic carbocycles. The summed E-state index contributed by atoms with van der Waals surface area (Å²) in [7, 11) is 0. The molecule has 0 atom stereocenters. The van der Waals surface area contributed by atoms with Crippen LogP contribution in [0.2, 0.25) is 0 Å². The van der Waals surface area contributed by atoms with Gasteiger partial charge >= 0.3 is 5.97 Å². The summed E-state index contributed by atoms with van der Waals surface area (Å²) in [5.74, 6) is -0.711. The second-order valence-electron chi connectivity index (χ2n) is 1.14. The van der Waals surface area contributed by atoms with Crippen LogP contribution in [0.3, 0.4) is 0 Å². The predicted molar refractivity (Wildman–Crippen MR) is 44.3 cm³/mol. The first-order valence-electron chi connectivity index (χ1n) is 1.99. The van der Waals surface area contributed by atoms with Crippen molar-refractivity contribution in [3.8, 4) is 0 Å². The summed E-state index contributed by atoms with van der Waals surface area (Å²) in [6.07, 6.45) is 1.02. The quantitative estimate of drug-likeness (QED) is 0.736. The molecule has 0 unspecified atom stereocenters. The van der Waals surface area contributed by atoms with Crippen LogP contribution < -0.4 is 0 Å². The molecule has 5 heteroatoms. The SMILES string of the molecule is CCCC(=O)O.Cl.Cl.Cl.